The van der Waals surface area contributed by atoms with Crippen LogP contribution in [0.4, 0.5) is 10.1 Å². The van der Waals surface area contributed by atoms with Gasteiger partial charge in [0, 0.05) is 31.9 Å². The molecule has 94 valence electrons. The highest BCUT2D eigenvalue weighted by Crippen LogP contribution is 2.19. The monoisotopic (exact) mass is 256 g/mol. The highest BCUT2D eigenvalue weighted by atomic mass is 35.5. The molecule has 2 rings (SSSR count). The Balaban J connectivity index is 1.93. The second kappa shape index (κ2) is 5.69. The molecule has 1 atom stereocenters. The lowest BCUT2D eigenvalue weighted by Gasteiger charge is -2.38. The molecule has 1 saturated heterocycles. The van der Waals surface area contributed by atoms with Crippen molar-refractivity contribution in [3.63, 3.8) is 0 Å². The molecule has 2 nitrogen and oxygen atoms in total. The fraction of sp³-hybridized carbons (Fsp3) is 0.538. The third kappa shape index (κ3) is 3.11. The zero-order valence-corrected chi connectivity index (χ0v) is 10.8. The van der Waals surface area contributed by atoms with E-state index in [1.165, 1.54) is 12.1 Å². The lowest BCUT2D eigenvalue weighted by atomic mass is 10.2. The van der Waals surface area contributed by atoms with Gasteiger partial charge >= 0.3 is 0 Å². The molecule has 0 aromatic heterocycles. The van der Waals surface area contributed by atoms with Gasteiger partial charge in [-0.1, -0.05) is 6.92 Å². The van der Waals surface area contributed by atoms with Crippen molar-refractivity contribution in [2.75, 3.05) is 31.1 Å². The first kappa shape index (κ1) is 12.7. The molecule has 1 aromatic rings. The van der Waals surface area contributed by atoms with Gasteiger partial charge in [0.15, 0.2) is 0 Å². The Kier molecular flexibility index (Phi) is 4.24. The maximum absolute atomic E-state index is 12.8. The molecule has 0 spiro atoms. The number of hydrogen-bond donors (Lipinski definition) is 0. The van der Waals surface area contributed by atoms with Crippen molar-refractivity contribution in [1.82, 2.24) is 4.90 Å². The molecule has 1 heterocycles. The normalized spacial score (nSPS) is 19.4. The summed E-state index contributed by atoms with van der Waals surface area (Å²) in [6.07, 6.45) is 0.970. The molecular formula is C13H18ClFN2. The minimum atomic E-state index is -0.181. The van der Waals surface area contributed by atoms with Gasteiger partial charge < -0.3 is 4.90 Å². The average Bonchev–Trinajstić information content (AvgIpc) is 2.39. The van der Waals surface area contributed by atoms with Crippen molar-refractivity contribution < 1.29 is 4.39 Å². The molecule has 17 heavy (non-hydrogen) atoms. The Morgan fingerprint density at radius 2 is 1.76 bits per heavy atom. The summed E-state index contributed by atoms with van der Waals surface area (Å²) >= 11 is 6.22. The van der Waals surface area contributed by atoms with Crippen LogP contribution in [0.3, 0.4) is 0 Å². The topological polar surface area (TPSA) is 6.48 Å². The molecule has 0 N–H and O–H groups in total. The summed E-state index contributed by atoms with van der Waals surface area (Å²) in [6.45, 7) is 5.95. The number of halogens is 2. The fourth-order valence-corrected chi connectivity index (χ4v) is 2.37. The number of nitrogens with zero attached hydrogens (tertiary/aromatic N) is 2. The first-order chi connectivity index (χ1) is 8.20. The first-order valence-corrected chi connectivity index (χ1v) is 6.53. The number of hydrogen-bond acceptors (Lipinski definition) is 2. The van der Waals surface area contributed by atoms with Gasteiger partial charge in [0.2, 0.25) is 0 Å². The van der Waals surface area contributed by atoms with Crippen LogP contribution in [0, 0.1) is 5.82 Å². The van der Waals surface area contributed by atoms with Crippen LogP contribution in [-0.2, 0) is 0 Å². The Hall–Kier alpha value is -0.800. The Labute approximate surface area is 107 Å². The van der Waals surface area contributed by atoms with Crippen LogP contribution in [0.1, 0.15) is 13.3 Å². The Bertz CT molecular complexity index is 347. The molecule has 0 aliphatic carbocycles. The van der Waals surface area contributed by atoms with E-state index in [-0.39, 0.29) is 11.3 Å². The van der Waals surface area contributed by atoms with E-state index in [1.807, 2.05) is 12.1 Å². The van der Waals surface area contributed by atoms with Gasteiger partial charge in [-0.2, -0.15) is 0 Å². The standard InChI is InChI=1S/C13H18ClFN2/c1-2-13(14)17-9-7-16(8-10-17)12-5-3-11(15)4-6-12/h3-6,13H,2,7-10H2,1H3. The molecule has 1 aromatic carbocycles. The zero-order chi connectivity index (χ0) is 12.3. The molecule has 1 aliphatic rings. The maximum atomic E-state index is 12.8. The Morgan fingerprint density at radius 3 is 2.29 bits per heavy atom. The van der Waals surface area contributed by atoms with Crippen molar-refractivity contribution in [1.29, 1.82) is 0 Å². The van der Waals surface area contributed by atoms with E-state index < -0.39 is 0 Å². The number of benzene rings is 1. The summed E-state index contributed by atoms with van der Waals surface area (Å²) in [4.78, 5) is 4.57. The predicted molar refractivity (Wildman–Crippen MR) is 70.1 cm³/mol. The van der Waals surface area contributed by atoms with Crippen LogP contribution in [0.2, 0.25) is 0 Å². The number of rotatable bonds is 3. The predicted octanol–water partition coefficient (Wildman–Crippen LogP) is 2.92. The third-order valence-electron chi connectivity index (χ3n) is 3.24. The first-order valence-electron chi connectivity index (χ1n) is 6.09. The summed E-state index contributed by atoms with van der Waals surface area (Å²) in [5, 5.41) is 0. The van der Waals surface area contributed by atoms with E-state index in [1.54, 1.807) is 0 Å². The molecule has 1 unspecified atom stereocenters. The van der Waals surface area contributed by atoms with Crippen LogP contribution in [0.5, 0.6) is 0 Å². The van der Waals surface area contributed by atoms with Crippen LogP contribution in [-0.4, -0.2) is 36.6 Å². The van der Waals surface area contributed by atoms with Gasteiger partial charge in [0.25, 0.3) is 0 Å². The smallest absolute Gasteiger partial charge is 0.123 e. The van der Waals surface area contributed by atoms with Crippen LogP contribution < -0.4 is 4.90 Å². The van der Waals surface area contributed by atoms with Gasteiger partial charge in [-0.15, -0.1) is 11.6 Å². The molecule has 0 bridgehead atoms. The SMILES string of the molecule is CCC(Cl)N1CCN(c2ccc(F)cc2)CC1. The Morgan fingerprint density at radius 1 is 1.18 bits per heavy atom. The van der Waals surface area contributed by atoms with Crippen LogP contribution in [0.25, 0.3) is 0 Å². The molecule has 0 saturated carbocycles. The van der Waals surface area contributed by atoms with E-state index in [0.29, 0.717) is 0 Å². The van der Waals surface area contributed by atoms with Gasteiger partial charge in [-0.25, -0.2) is 4.39 Å². The average molecular weight is 257 g/mol. The lowest BCUT2D eigenvalue weighted by Crippen LogP contribution is -2.48. The molecule has 1 fully saturated rings. The highest BCUT2D eigenvalue weighted by molar-refractivity contribution is 6.20. The molecular weight excluding hydrogens is 239 g/mol. The van der Waals surface area contributed by atoms with Gasteiger partial charge in [-0.05, 0) is 30.7 Å². The highest BCUT2D eigenvalue weighted by Gasteiger charge is 2.21. The summed E-state index contributed by atoms with van der Waals surface area (Å²) in [7, 11) is 0. The van der Waals surface area contributed by atoms with E-state index >= 15 is 0 Å². The maximum Gasteiger partial charge on any atom is 0.123 e. The molecule has 4 heteroatoms. The van der Waals surface area contributed by atoms with Crippen molar-refractivity contribution in [2.24, 2.45) is 0 Å². The van der Waals surface area contributed by atoms with Crippen molar-refractivity contribution in [3.8, 4) is 0 Å². The largest absolute Gasteiger partial charge is 0.369 e. The van der Waals surface area contributed by atoms with E-state index in [9.17, 15) is 4.39 Å². The van der Waals surface area contributed by atoms with E-state index in [4.69, 9.17) is 11.6 Å². The second-order valence-electron chi connectivity index (χ2n) is 4.34. The minimum absolute atomic E-state index is 0.144. The van der Waals surface area contributed by atoms with Gasteiger partial charge in [0.1, 0.15) is 5.82 Å². The van der Waals surface area contributed by atoms with Crippen LogP contribution in [0.15, 0.2) is 24.3 Å². The van der Waals surface area contributed by atoms with E-state index in [2.05, 4.69) is 16.7 Å². The minimum Gasteiger partial charge on any atom is -0.369 e. The molecule has 1 aliphatic heterocycles. The fourth-order valence-electron chi connectivity index (χ4n) is 2.17. The van der Waals surface area contributed by atoms with Gasteiger partial charge in [0.05, 0.1) is 5.50 Å². The summed E-state index contributed by atoms with van der Waals surface area (Å²) < 4.78 is 12.8. The molecule has 0 amide bonds. The third-order valence-corrected chi connectivity index (χ3v) is 3.82. The van der Waals surface area contributed by atoms with E-state index in [0.717, 1.165) is 38.3 Å². The van der Waals surface area contributed by atoms with Crippen molar-refractivity contribution in [3.05, 3.63) is 30.1 Å². The lowest BCUT2D eigenvalue weighted by molar-refractivity contribution is 0.233. The number of alkyl halides is 1. The summed E-state index contributed by atoms with van der Waals surface area (Å²) in [5.41, 5.74) is 1.24. The van der Waals surface area contributed by atoms with Crippen LogP contribution >= 0.6 is 11.6 Å². The van der Waals surface area contributed by atoms with Crippen molar-refractivity contribution >= 4 is 17.3 Å². The number of anilines is 1. The van der Waals surface area contributed by atoms with Gasteiger partial charge in [-0.3, -0.25) is 4.90 Å². The molecule has 0 radical (unpaired) electrons. The number of piperazine rings is 1. The van der Waals surface area contributed by atoms with Crippen molar-refractivity contribution in [2.45, 2.75) is 18.8 Å². The quantitative estimate of drug-likeness (QED) is 0.606. The second-order valence-corrected chi connectivity index (χ2v) is 4.85. The summed E-state index contributed by atoms with van der Waals surface area (Å²) in [6, 6.07) is 6.70. The summed E-state index contributed by atoms with van der Waals surface area (Å²) in [5.74, 6) is -0.181. The zero-order valence-electron chi connectivity index (χ0n) is 10.1.